The number of ether oxygens (including phenoxy) is 1. The molecule has 0 spiro atoms. The third-order valence-electron chi connectivity index (χ3n) is 7.45. The van der Waals surface area contributed by atoms with E-state index in [1.54, 1.807) is 7.11 Å². The van der Waals surface area contributed by atoms with E-state index in [1.807, 2.05) is 6.07 Å². The van der Waals surface area contributed by atoms with Crippen molar-refractivity contribution in [2.75, 3.05) is 39.9 Å². The number of fused-ring (bicyclic) bond motifs is 5. The van der Waals surface area contributed by atoms with Gasteiger partial charge < -0.3 is 14.5 Å². The molecule has 2 saturated heterocycles. The fourth-order valence-corrected chi connectivity index (χ4v) is 5.65. The number of alkyl halides is 3. The molecule has 0 N–H and O–H groups in total. The summed E-state index contributed by atoms with van der Waals surface area (Å²) >= 11 is 0. The van der Waals surface area contributed by atoms with E-state index in [4.69, 9.17) is 4.74 Å². The molecule has 2 aromatic rings. The molecule has 0 unspecified atom stereocenters. The number of hydrogen-bond acceptors (Lipinski definition) is 3. The smallest absolute Gasteiger partial charge is 0.385 e. The van der Waals surface area contributed by atoms with Crippen molar-refractivity contribution in [3.8, 4) is 11.1 Å². The van der Waals surface area contributed by atoms with Gasteiger partial charge in [0.2, 0.25) is 5.91 Å². The standard InChI is InChI=1S/C26H29F3N2O2/c1-33-12-2-10-30-15-20(16-30)25(32)31-11-9-19-14-24(31)23-13-18(5-8-22(19)23)17-3-6-21(7-4-17)26(27,28)29/h3-8,13,19-20,24H,2,9-12,14-16H2,1H3/t19-,24+/m1/s1. The molecule has 0 aromatic heterocycles. The van der Waals surface area contributed by atoms with E-state index in [0.717, 1.165) is 75.3 Å². The van der Waals surface area contributed by atoms with E-state index < -0.39 is 11.7 Å². The number of amides is 1. The van der Waals surface area contributed by atoms with E-state index in [9.17, 15) is 18.0 Å². The Balaban J connectivity index is 1.31. The minimum Gasteiger partial charge on any atom is -0.385 e. The van der Waals surface area contributed by atoms with Crippen molar-refractivity contribution in [1.29, 1.82) is 0 Å². The van der Waals surface area contributed by atoms with Gasteiger partial charge in [0.15, 0.2) is 0 Å². The summed E-state index contributed by atoms with van der Waals surface area (Å²) in [5, 5.41) is 0. The minimum atomic E-state index is -4.34. The summed E-state index contributed by atoms with van der Waals surface area (Å²) < 4.78 is 43.9. The van der Waals surface area contributed by atoms with Crippen LogP contribution in [0.4, 0.5) is 13.2 Å². The average molecular weight is 459 g/mol. The zero-order chi connectivity index (χ0) is 23.2. The fourth-order valence-electron chi connectivity index (χ4n) is 5.65. The molecule has 5 rings (SSSR count). The maximum Gasteiger partial charge on any atom is 0.416 e. The number of nitrogens with zero attached hydrogens (tertiary/aromatic N) is 2. The van der Waals surface area contributed by atoms with Gasteiger partial charge in [-0.1, -0.05) is 24.3 Å². The zero-order valence-corrected chi connectivity index (χ0v) is 18.8. The van der Waals surface area contributed by atoms with E-state index in [-0.39, 0.29) is 17.9 Å². The molecule has 2 aromatic carbocycles. The monoisotopic (exact) mass is 458 g/mol. The number of methoxy groups -OCH3 is 1. The summed E-state index contributed by atoms with van der Waals surface area (Å²) in [6.07, 6.45) is -1.44. The van der Waals surface area contributed by atoms with Crippen molar-refractivity contribution in [3.63, 3.8) is 0 Å². The van der Waals surface area contributed by atoms with Crippen molar-refractivity contribution in [1.82, 2.24) is 9.80 Å². The summed E-state index contributed by atoms with van der Waals surface area (Å²) in [5.74, 6) is 0.767. The lowest BCUT2D eigenvalue weighted by atomic mass is 9.92. The highest BCUT2D eigenvalue weighted by molar-refractivity contribution is 5.81. The van der Waals surface area contributed by atoms with Gasteiger partial charge in [0, 0.05) is 39.9 Å². The molecular weight excluding hydrogens is 429 g/mol. The Hall–Kier alpha value is -2.38. The SMILES string of the molecule is COCCCN1CC(C(=O)N2CC[C@@H]3C[C@H]2c2cc(-c4ccc(C(F)(F)F)cc4)ccc23)C1. The van der Waals surface area contributed by atoms with Crippen LogP contribution >= 0.6 is 0 Å². The summed E-state index contributed by atoms with van der Waals surface area (Å²) in [6.45, 7) is 4.10. The van der Waals surface area contributed by atoms with Crippen LogP contribution in [0.15, 0.2) is 42.5 Å². The number of hydrogen-bond donors (Lipinski definition) is 0. The van der Waals surface area contributed by atoms with Crippen LogP contribution < -0.4 is 0 Å². The highest BCUT2D eigenvalue weighted by atomic mass is 19.4. The summed E-state index contributed by atoms with van der Waals surface area (Å²) in [4.78, 5) is 17.7. The molecule has 7 heteroatoms. The van der Waals surface area contributed by atoms with E-state index >= 15 is 0 Å². The fraction of sp³-hybridized carbons (Fsp3) is 0.500. The molecular formula is C26H29F3N2O2. The Bertz CT molecular complexity index is 1020. The lowest BCUT2D eigenvalue weighted by Crippen LogP contribution is -2.55. The van der Waals surface area contributed by atoms with Crippen LogP contribution in [0.2, 0.25) is 0 Å². The molecule has 2 atom stereocenters. The van der Waals surface area contributed by atoms with Gasteiger partial charge in [-0.3, -0.25) is 4.79 Å². The molecule has 33 heavy (non-hydrogen) atoms. The number of halogens is 3. The van der Waals surface area contributed by atoms with E-state index in [0.29, 0.717) is 5.92 Å². The molecule has 176 valence electrons. The first-order valence-electron chi connectivity index (χ1n) is 11.7. The number of piperidine rings is 1. The molecule has 0 saturated carbocycles. The summed E-state index contributed by atoms with van der Waals surface area (Å²) in [5.41, 5.74) is 3.48. The molecule has 4 nitrogen and oxygen atoms in total. The molecule has 2 bridgehead atoms. The normalized spacial score (nSPS) is 22.8. The zero-order valence-electron chi connectivity index (χ0n) is 18.8. The Labute approximate surface area is 192 Å². The molecule has 2 aliphatic heterocycles. The Morgan fingerprint density at radius 2 is 1.79 bits per heavy atom. The molecule has 1 amide bonds. The van der Waals surface area contributed by atoms with E-state index in [1.165, 1.54) is 23.3 Å². The van der Waals surface area contributed by atoms with Gasteiger partial charge in [0.05, 0.1) is 17.5 Å². The first-order valence-corrected chi connectivity index (χ1v) is 11.7. The number of carbonyl (C=O) groups is 1. The third-order valence-corrected chi connectivity index (χ3v) is 7.45. The number of rotatable bonds is 6. The molecule has 2 heterocycles. The van der Waals surface area contributed by atoms with Crippen LogP contribution in [-0.2, 0) is 15.7 Å². The van der Waals surface area contributed by atoms with Crippen LogP contribution in [0.3, 0.4) is 0 Å². The second-order valence-electron chi connectivity index (χ2n) is 9.49. The maximum absolute atomic E-state index is 13.3. The second kappa shape index (κ2) is 8.76. The second-order valence-corrected chi connectivity index (χ2v) is 9.49. The van der Waals surface area contributed by atoms with Crippen LogP contribution in [0.1, 0.15) is 47.9 Å². The minimum absolute atomic E-state index is 0.0613. The van der Waals surface area contributed by atoms with Gasteiger partial charge in [-0.2, -0.15) is 13.2 Å². The predicted octanol–water partition coefficient (Wildman–Crippen LogP) is 5.10. The van der Waals surface area contributed by atoms with Crippen LogP contribution in [0, 0.1) is 5.92 Å². The Morgan fingerprint density at radius 3 is 2.48 bits per heavy atom. The van der Waals surface area contributed by atoms with Gasteiger partial charge in [0.1, 0.15) is 0 Å². The summed E-state index contributed by atoms with van der Waals surface area (Å²) in [6, 6.07) is 11.6. The molecule has 1 aliphatic carbocycles. The quantitative estimate of drug-likeness (QED) is 0.565. The Kier molecular flexibility index (Phi) is 5.95. The van der Waals surface area contributed by atoms with Gasteiger partial charge in [-0.05, 0) is 65.6 Å². The van der Waals surface area contributed by atoms with E-state index in [2.05, 4.69) is 21.9 Å². The third kappa shape index (κ3) is 4.28. The number of likely N-dealkylation sites (tertiary alicyclic amines) is 2. The van der Waals surface area contributed by atoms with Crippen molar-refractivity contribution >= 4 is 5.91 Å². The average Bonchev–Trinajstić information content (AvgIpc) is 3.06. The lowest BCUT2D eigenvalue weighted by Gasteiger charge is -2.43. The van der Waals surface area contributed by atoms with Gasteiger partial charge in [0.25, 0.3) is 0 Å². The molecule has 0 radical (unpaired) electrons. The van der Waals surface area contributed by atoms with Crippen LogP contribution in [-0.4, -0.2) is 55.6 Å². The lowest BCUT2D eigenvalue weighted by molar-refractivity contribution is -0.145. The number of carbonyl (C=O) groups excluding carboxylic acids is 1. The van der Waals surface area contributed by atoms with Crippen molar-refractivity contribution in [3.05, 3.63) is 59.2 Å². The van der Waals surface area contributed by atoms with Crippen molar-refractivity contribution in [2.24, 2.45) is 5.92 Å². The van der Waals surface area contributed by atoms with Crippen molar-refractivity contribution in [2.45, 2.75) is 37.4 Å². The van der Waals surface area contributed by atoms with Gasteiger partial charge in [-0.15, -0.1) is 0 Å². The maximum atomic E-state index is 13.3. The first kappa shape index (κ1) is 22.4. The van der Waals surface area contributed by atoms with Crippen LogP contribution in [0.5, 0.6) is 0 Å². The topological polar surface area (TPSA) is 32.8 Å². The highest BCUT2D eigenvalue weighted by Crippen LogP contribution is 2.50. The number of benzene rings is 2. The van der Waals surface area contributed by atoms with Gasteiger partial charge in [-0.25, -0.2) is 0 Å². The Morgan fingerprint density at radius 1 is 1.06 bits per heavy atom. The molecule has 3 aliphatic rings. The largest absolute Gasteiger partial charge is 0.416 e. The molecule has 2 fully saturated rings. The highest BCUT2D eigenvalue weighted by Gasteiger charge is 2.44. The summed E-state index contributed by atoms with van der Waals surface area (Å²) in [7, 11) is 1.70. The van der Waals surface area contributed by atoms with Gasteiger partial charge >= 0.3 is 6.18 Å². The predicted molar refractivity (Wildman–Crippen MR) is 120 cm³/mol. The first-order chi connectivity index (χ1) is 15.8. The van der Waals surface area contributed by atoms with Crippen LogP contribution in [0.25, 0.3) is 11.1 Å². The van der Waals surface area contributed by atoms with Crippen molar-refractivity contribution < 1.29 is 22.7 Å².